The Morgan fingerprint density at radius 1 is 0.604 bits per heavy atom. The van der Waals surface area contributed by atoms with Crippen LogP contribution in [0.1, 0.15) is 91.2 Å². The molecular formula is C43H42F6N2O2. The van der Waals surface area contributed by atoms with E-state index in [-0.39, 0.29) is 34.4 Å². The molecule has 278 valence electrons. The van der Waals surface area contributed by atoms with Crippen molar-refractivity contribution in [3.8, 4) is 23.0 Å². The Hall–Kier alpha value is -5.12. The number of nitrogen functional groups attached to an aromatic ring is 2. The standard InChI is InChI=1S/C43H42F6N2O2/c1-2-3-4-5-28-6-8-29(9-7-28)30-22-24-41(25-23-30,31-10-16-35(17-11-31)52-39-20-14-33(50)26-37(39)42(44,45)46)32-12-18-36(19-13-32)53-40-21-15-34(51)27-38(40)43(47,48)49/h6-21,26-27,30H,2-5,22-25,50-51H2,1H3. The van der Waals surface area contributed by atoms with Gasteiger partial charge in [0.2, 0.25) is 0 Å². The van der Waals surface area contributed by atoms with Crippen molar-refractivity contribution < 1.29 is 35.8 Å². The number of benzene rings is 5. The quantitative estimate of drug-likeness (QED) is 0.0806. The van der Waals surface area contributed by atoms with Crippen molar-refractivity contribution in [2.75, 3.05) is 11.5 Å². The first-order valence-electron chi connectivity index (χ1n) is 17.8. The maximum atomic E-state index is 13.8. The van der Waals surface area contributed by atoms with Gasteiger partial charge in [-0.25, -0.2) is 0 Å². The maximum Gasteiger partial charge on any atom is 0.420 e. The number of ether oxygens (including phenoxy) is 2. The molecule has 1 saturated carbocycles. The molecule has 1 fully saturated rings. The third-order valence-electron chi connectivity index (χ3n) is 10.2. The zero-order valence-electron chi connectivity index (χ0n) is 29.4. The number of anilines is 2. The van der Waals surface area contributed by atoms with Crippen molar-refractivity contribution in [3.63, 3.8) is 0 Å². The van der Waals surface area contributed by atoms with Crippen molar-refractivity contribution >= 4 is 11.4 Å². The number of hydrogen-bond acceptors (Lipinski definition) is 4. The average Bonchev–Trinajstić information content (AvgIpc) is 3.13. The number of nitrogens with two attached hydrogens (primary N) is 2. The van der Waals surface area contributed by atoms with Crippen molar-refractivity contribution in [2.45, 2.75) is 82.0 Å². The molecule has 1 aliphatic rings. The topological polar surface area (TPSA) is 70.5 Å². The van der Waals surface area contributed by atoms with Crippen LogP contribution in [0.5, 0.6) is 23.0 Å². The van der Waals surface area contributed by atoms with Crippen LogP contribution in [0.2, 0.25) is 0 Å². The van der Waals surface area contributed by atoms with E-state index in [1.54, 1.807) is 24.3 Å². The summed E-state index contributed by atoms with van der Waals surface area (Å²) in [4.78, 5) is 0. The van der Waals surface area contributed by atoms with Crippen LogP contribution in [0.3, 0.4) is 0 Å². The highest BCUT2D eigenvalue weighted by Gasteiger charge is 2.40. The van der Waals surface area contributed by atoms with E-state index < -0.39 is 28.9 Å². The molecule has 4 N–H and O–H groups in total. The number of aryl methyl sites for hydroxylation is 1. The number of hydrogen-bond donors (Lipinski definition) is 2. The van der Waals surface area contributed by atoms with Gasteiger partial charge in [-0.1, -0.05) is 68.3 Å². The Labute approximate surface area is 305 Å². The predicted molar refractivity (Wildman–Crippen MR) is 196 cm³/mol. The first-order chi connectivity index (χ1) is 25.2. The fourth-order valence-electron chi connectivity index (χ4n) is 7.38. The zero-order valence-corrected chi connectivity index (χ0v) is 29.4. The van der Waals surface area contributed by atoms with Gasteiger partial charge in [0.15, 0.2) is 0 Å². The Morgan fingerprint density at radius 2 is 1.06 bits per heavy atom. The van der Waals surface area contributed by atoms with Gasteiger partial charge in [0, 0.05) is 16.8 Å². The molecule has 5 aromatic carbocycles. The monoisotopic (exact) mass is 732 g/mol. The lowest BCUT2D eigenvalue weighted by atomic mass is 9.62. The fraction of sp³-hybridized carbons (Fsp3) is 0.302. The van der Waals surface area contributed by atoms with Crippen molar-refractivity contribution in [2.24, 2.45) is 0 Å². The van der Waals surface area contributed by atoms with Gasteiger partial charge in [-0.15, -0.1) is 0 Å². The highest BCUT2D eigenvalue weighted by Crippen LogP contribution is 2.50. The van der Waals surface area contributed by atoms with Gasteiger partial charge in [-0.2, -0.15) is 26.3 Å². The number of halogens is 6. The Bertz CT molecular complexity index is 1870. The second-order valence-corrected chi connectivity index (χ2v) is 13.8. The van der Waals surface area contributed by atoms with E-state index in [4.69, 9.17) is 20.9 Å². The SMILES string of the molecule is CCCCCc1ccc(C2CCC(c3ccc(Oc4ccc(N)cc4C(F)(F)F)cc3)(c3ccc(Oc4ccc(N)cc4C(F)(F)F)cc3)CC2)cc1. The smallest absolute Gasteiger partial charge is 0.420 e. The molecule has 0 unspecified atom stereocenters. The molecule has 0 heterocycles. The highest BCUT2D eigenvalue weighted by molar-refractivity contribution is 5.53. The zero-order chi connectivity index (χ0) is 37.8. The molecule has 53 heavy (non-hydrogen) atoms. The Balaban J connectivity index is 1.28. The van der Waals surface area contributed by atoms with Crippen LogP contribution >= 0.6 is 0 Å². The molecule has 6 rings (SSSR count). The summed E-state index contributed by atoms with van der Waals surface area (Å²) in [6.07, 6.45) is -1.39. The molecular weight excluding hydrogens is 690 g/mol. The molecule has 4 nitrogen and oxygen atoms in total. The van der Waals surface area contributed by atoms with Gasteiger partial charge in [-0.3, -0.25) is 0 Å². The lowest BCUT2D eigenvalue weighted by molar-refractivity contribution is -0.139. The number of alkyl halides is 6. The van der Waals surface area contributed by atoms with E-state index in [2.05, 4.69) is 31.2 Å². The fourth-order valence-corrected chi connectivity index (χ4v) is 7.38. The summed E-state index contributed by atoms with van der Waals surface area (Å²) < 4.78 is 94.0. The van der Waals surface area contributed by atoms with Crippen LogP contribution < -0.4 is 20.9 Å². The van der Waals surface area contributed by atoms with Gasteiger partial charge < -0.3 is 20.9 Å². The summed E-state index contributed by atoms with van der Waals surface area (Å²) in [5.74, 6) is 0.114. The molecule has 0 radical (unpaired) electrons. The normalized spacial score (nSPS) is 14.9. The average molecular weight is 733 g/mol. The first kappa shape index (κ1) is 37.6. The van der Waals surface area contributed by atoms with Crippen LogP contribution in [0, 0.1) is 0 Å². The van der Waals surface area contributed by atoms with Gasteiger partial charge in [0.25, 0.3) is 0 Å². The molecule has 0 atom stereocenters. The molecule has 0 spiro atoms. The van der Waals surface area contributed by atoms with E-state index >= 15 is 0 Å². The van der Waals surface area contributed by atoms with Gasteiger partial charge in [0.1, 0.15) is 34.1 Å². The third-order valence-corrected chi connectivity index (χ3v) is 10.2. The Kier molecular flexibility index (Phi) is 11.0. The summed E-state index contributed by atoms with van der Waals surface area (Å²) in [6.45, 7) is 2.19. The number of rotatable bonds is 11. The number of unbranched alkanes of at least 4 members (excludes halogenated alkanes) is 2. The van der Waals surface area contributed by atoms with Crippen molar-refractivity contribution in [1.29, 1.82) is 0 Å². The molecule has 0 amide bonds. The van der Waals surface area contributed by atoms with E-state index in [1.165, 1.54) is 54.7 Å². The summed E-state index contributed by atoms with van der Waals surface area (Å²) in [7, 11) is 0. The highest BCUT2D eigenvalue weighted by atomic mass is 19.4. The summed E-state index contributed by atoms with van der Waals surface area (Å²) in [5, 5.41) is 0. The van der Waals surface area contributed by atoms with Gasteiger partial charge in [-0.05, 0) is 127 Å². The van der Waals surface area contributed by atoms with E-state index in [0.29, 0.717) is 5.92 Å². The van der Waals surface area contributed by atoms with Crippen LogP contribution in [-0.2, 0) is 24.2 Å². The van der Waals surface area contributed by atoms with Crippen LogP contribution in [0.15, 0.2) is 109 Å². The second kappa shape index (κ2) is 15.5. The van der Waals surface area contributed by atoms with E-state index in [9.17, 15) is 26.3 Å². The lowest BCUT2D eigenvalue weighted by Gasteiger charge is -2.41. The minimum atomic E-state index is -4.65. The maximum absolute atomic E-state index is 13.8. The second-order valence-electron chi connectivity index (χ2n) is 13.8. The minimum Gasteiger partial charge on any atom is -0.457 e. The summed E-state index contributed by atoms with van der Waals surface area (Å²) in [6, 6.07) is 29.9. The van der Waals surface area contributed by atoms with Crippen LogP contribution in [-0.4, -0.2) is 0 Å². The lowest BCUT2D eigenvalue weighted by Crippen LogP contribution is -2.32. The van der Waals surface area contributed by atoms with Crippen molar-refractivity contribution in [3.05, 3.63) is 143 Å². The molecule has 1 aliphatic carbocycles. The van der Waals surface area contributed by atoms with Crippen molar-refractivity contribution in [1.82, 2.24) is 0 Å². The molecule has 10 heteroatoms. The molecule has 0 aliphatic heterocycles. The summed E-state index contributed by atoms with van der Waals surface area (Å²) >= 11 is 0. The molecule has 0 aromatic heterocycles. The Morgan fingerprint density at radius 3 is 1.47 bits per heavy atom. The first-order valence-corrected chi connectivity index (χ1v) is 17.8. The van der Waals surface area contributed by atoms with Crippen LogP contribution in [0.25, 0.3) is 0 Å². The molecule has 0 saturated heterocycles. The predicted octanol–water partition coefficient (Wildman–Crippen LogP) is 12.8. The summed E-state index contributed by atoms with van der Waals surface area (Å²) in [5.41, 5.74) is 13.3. The minimum absolute atomic E-state index is 0.0221. The van der Waals surface area contributed by atoms with Crippen LogP contribution in [0.4, 0.5) is 37.7 Å². The van der Waals surface area contributed by atoms with Gasteiger partial charge in [0.05, 0.1) is 0 Å². The molecule has 5 aromatic rings. The molecule has 0 bridgehead atoms. The van der Waals surface area contributed by atoms with Gasteiger partial charge >= 0.3 is 12.4 Å². The largest absolute Gasteiger partial charge is 0.457 e. The third kappa shape index (κ3) is 8.75. The van der Waals surface area contributed by atoms with E-state index in [1.807, 2.05) is 24.3 Å². The van der Waals surface area contributed by atoms with E-state index in [0.717, 1.165) is 55.4 Å².